The Morgan fingerprint density at radius 3 is 2.33 bits per heavy atom. The second-order valence-electron chi connectivity index (χ2n) is 6.85. The van der Waals surface area contributed by atoms with Gasteiger partial charge in [0.2, 0.25) is 5.95 Å². The molecule has 2 aromatic carbocycles. The standard InChI is InChI=1S/C21H25N5O/c1-14(2)16-9-11-17(12-10-16)23-20-13-22-26-21(25-20)24-18-7-5-6-8-19(18)27-15(3)4/h5-15H,1-4H3,(H2,23,24,25,26). The molecule has 1 heterocycles. The van der Waals surface area contributed by atoms with Crippen LogP contribution in [-0.4, -0.2) is 21.3 Å². The zero-order chi connectivity index (χ0) is 19.2. The molecule has 0 aliphatic carbocycles. The van der Waals surface area contributed by atoms with Crippen molar-refractivity contribution in [3.63, 3.8) is 0 Å². The molecular weight excluding hydrogens is 338 g/mol. The number of nitrogens with one attached hydrogen (secondary N) is 2. The molecule has 0 atom stereocenters. The monoisotopic (exact) mass is 363 g/mol. The van der Waals surface area contributed by atoms with Gasteiger partial charge in [0.15, 0.2) is 5.82 Å². The lowest BCUT2D eigenvalue weighted by Gasteiger charge is -2.14. The SMILES string of the molecule is CC(C)Oc1ccccc1Nc1nncc(Nc2ccc(C(C)C)cc2)n1. The number of ether oxygens (including phenoxy) is 1. The van der Waals surface area contributed by atoms with Crippen molar-refractivity contribution in [2.24, 2.45) is 0 Å². The summed E-state index contributed by atoms with van der Waals surface area (Å²) in [5.41, 5.74) is 3.05. The van der Waals surface area contributed by atoms with Crippen molar-refractivity contribution in [1.29, 1.82) is 0 Å². The highest BCUT2D eigenvalue weighted by Crippen LogP contribution is 2.27. The van der Waals surface area contributed by atoms with Crippen molar-refractivity contribution >= 4 is 23.1 Å². The van der Waals surface area contributed by atoms with Crippen molar-refractivity contribution in [2.75, 3.05) is 10.6 Å². The van der Waals surface area contributed by atoms with Crippen LogP contribution in [0.2, 0.25) is 0 Å². The van der Waals surface area contributed by atoms with Gasteiger partial charge in [-0.15, -0.1) is 5.10 Å². The molecule has 0 bridgehead atoms. The van der Waals surface area contributed by atoms with Crippen LogP contribution in [0.5, 0.6) is 5.75 Å². The number of nitrogens with zero attached hydrogens (tertiary/aromatic N) is 3. The van der Waals surface area contributed by atoms with Crippen LogP contribution >= 0.6 is 0 Å². The maximum atomic E-state index is 5.82. The van der Waals surface area contributed by atoms with Crippen LogP contribution in [-0.2, 0) is 0 Å². The molecule has 0 saturated heterocycles. The number of hydrogen-bond donors (Lipinski definition) is 2. The van der Waals surface area contributed by atoms with Gasteiger partial charge in [0, 0.05) is 5.69 Å². The third-order valence-corrected chi connectivity index (χ3v) is 3.90. The first-order valence-corrected chi connectivity index (χ1v) is 9.10. The van der Waals surface area contributed by atoms with Crippen molar-refractivity contribution in [2.45, 2.75) is 39.7 Å². The van der Waals surface area contributed by atoms with Crippen LogP contribution in [0.3, 0.4) is 0 Å². The smallest absolute Gasteiger partial charge is 0.249 e. The molecule has 0 amide bonds. The molecule has 3 rings (SSSR count). The fourth-order valence-corrected chi connectivity index (χ4v) is 2.56. The van der Waals surface area contributed by atoms with Gasteiger partial charge in [-0.3, -0.25) is 0 Å². The second-order valence-corrected chi connectivity index (χ2v) is 6.85. The van der Waals surface area contributed by atoms with E-state index in [0.717, 1.165) is 17.1 Å². The maximum Gasteiger partial charge on any atom is 0.249 e. The Morgan fingerprint density at radius 1 is 0.889 bits per heavy atom. The van der Waals surface area contributed by atoms with Gasteiger partial charge in [-0.1, -0.05) is 38.1 Å². The van der Waals surface area contributed by atoms with Crippen molar-refractivity contribution in [1.82, 2.24) is 15.2 Å². The first-order valence-electron chi connectivity index (χ1n) is 9.10. The first kappa shape index (κ1) is 18.6. The summed E-state index contributed by atoms with van der Waals surface area (Å²) in [5.74, 6) is 2.27. The van der Waals surface area contributed by atoms with E-state index in [9.17, 15) is 0 Å². The van der Waals surface area contributed by atoms with Gasteiger partial charge in [0.1, 0.15) is 5.75 Å². The lowest BCUT2D eigenvalue weighted by atomic mass is 10.0. The van der Waals surface area contributed by atoms with E-state index in [4.69, 9.17) is 4.74 Å². The quantitative estimate of drug-likeness (QED) is 0.596. The Balaban J connectivity index is 1.74. The van der Waals surface area contributed by atoms with Crippen LogP contribution in [0.15, 0.2) is 54.7 Å². The highest BCUT2D eigenvalue weighted by molar-refractivity contribution is 5.63. The second kappa shape index (κ2) is 8.49. The van der Waals surface area contributed by atoms with E-state index in [2.05, 4.69) is 51.8 Å². The molecule has 0 saturated carbocycles. The van der Waals surface area contributed by atoms with E-state index < -0.39 is 0 Å². The number of para-hydroxylation sites is 2. The molecule has 0 spiro atoms. The molecule has 27 heavy (non-hydrogen) atoms. The molecule has 0 radical (unpaired) electrons. The molecule has 0 aliphatic rings. The van der Waals surface area contributed by atoms with Crippen LogP contribution < -0.4 is 15.4 Å². The van der Waals surface area contributed by atoms with Gasteiger partial charge in [-0.25, -0.2) is 0 Å². The molecule has 0 fully saturated rings. The van der Waals surface area contributed by atoms with Gasteiger partial charge < -0.3 is 15.4 Å². The highest BCUT2D eigenvalue weighted by Gasteiger charge is 2.08. The number of rotatable bonds is 7. The molecule has 140 valence electrons. The zero-order valence-corrected chi connectivity index (χ0v) is 16.1. The summed E-state index contributed by atoms with van der Waals surface area (Å²) in [5, 5.41) is 14.5. The minimum atomic E-state index is 0.0776. The third kappa shape index (κ3) is 5.17. The van der Waals surface area contributed by atoms with Crippen LogP contribution in [0, 0.1) is 0 Å². The molecule has 1 aromatic heterocycles. The summed E-state index contributed by atoms with van der Waals surface area (Å²) in [6, 6.07) is 16.0. The minimum Gasteiger partial charge on any atom is -0.489 e. The van der Waals surface area contributed by atoms with Gasteiger partial charge in [-0.05, 0) is 49.6 Å². The Morgan fingerprint density at radius 2 is 1.63 bits per heavy atom. The highest BCUT2D eigenvalue weighted by atomic mass is 16.5. The Bertz CT molecular complexity index is 878. The van der Waals surface area contributed by atoms with Crippen LogP contribution in [0.4, 0.5) is 23.1 Å². The molecule has 3 aromatic rings. The predicted molar refractivity (Wildman–Crippen MR) is 109 cm³/mol. The predicted octanol–water partition coefficient (Wildman–Crippen LogP) is 5.27. The molecule has 6 heteroatoms. The number of benzene rings is 2. The fraction of sp³-hybridized carbons (Fsp3) is 0.286. The van der Waals surface area contributed by atoms with Crippen LogP contribution in [0.25, 0.3) is 0 Å². The van der Waals surface area contributed by atoms with Gasteiger partial charge in [0.25, 0.3) is 0 Å². The summed E-state index contributed by atoms with van der Waals surface area (Å²) in [6.07, 6.45) is 1.67. The lowest BCUT2D eigenvalue weighted by molar-refractivity contribution is 0.244. The fourth-order valence-electron chi connectivity index (χ4n) is 2.56. The molecule has 6 nitrogen and oxygen atoms in total. The first-order chi connectivity index (χ1) is 13.0. The molecule has 0 unspecified atom stereocenters. The molecule has 0 aliphatic heterocycles. The summed E-state index contributed by atoms with van der Waals surface area (Å²) in [6.45, 7) is 8.33. The van der Waals surface area contributed by atoms with Gasteiger partial charge in [-0.2, -0.15) is 10.1 Å². The Hall–Kier alpha value is -3.15. The number of anilines is 4. The van der Waals surface area contributed by atoms with E-state index in [0.29, 0.717) is 17.7 Å². The molecule has 2 N–H and O–H groups in total. The lowest BCUT2D eigenvalue weighted by Crippen LogP contribution is -2.08. The topological polar surface area (TPSA) is 72.0 Å². The van der Waals surface area contributed by atoms with E-state index in [1.807, 2.05) is 50.2 Å². The normalized spacial score (nSPS) is 10.9. The Kier molecular flexibility index (Phi) is 5.86. The third-order valence-electron chi connectivity index (χ3n) is 3.90. The summed E-state index contributed by atoms with van der Waals surface area (Å²) in [7, 11) is 0. The van der Waals surface area contributed by atoms with E-state index in [1.54, 1.807) is 6.20 Å². The van der Waals surface area contributed by atoms with Crippen molar-refractivity contribution in [3.8, 4) is 5.75 Å². The summed E-state index contributed by atoms with van der Waals surface area (Å²) < 4.78 is 5.82. The summed E-state index contributed by atoms with van der Waals surface area (Å²) in [4.78, 5) is 4.49. The Labute approximate surface area is 160 Å². The minimum absolute atomic E-state index is 0.0776. The van der Waals surface area contributed by atoms with E-state index in [1.165, 1.54) is 5.56 Å². The van der Waals surface area contributed by atoms with E-state index >= 15 is 0 Å². The average molecular weight is 363 g/mol. The number of aromatic nitrogens is 3. The van der Waals surface area contributed by atoms with Gasteiger partial charge >= 0.3 is 0 Å². The zero-order valence-electron chi connectivity index (χ0n) is 16.1. The van der Waals surface area contributed by atoms with E-state index in [-0.39, 0.29) is 6.10 Å². The van der Waals surface area contributed by atoms with Crippen molar-refractivity contribution < 1.29 is 4.74 Å². The largest absolute Gasteiger partial charge is 0.489 e. The molecular formula is C21H25N5O. The van der Waals surface area contributed by atoms with Gasteiger partial charge in [0.05, 0.1) is 18.0 Å². The van der Waals surface area contributed by atoms with Crippen LogP contribution in [0.1, 0.15) is 39.2 Å². The van der Waals surface area contributed by atoms with Crippen molar-refractivity contribution in [3.05, 3.63) is 60.3 Å². The summed E-state index contributed by atoms with van der Waals surface area (Å²) >= 11 is 0. The number of hydrogen-bond acceptors (Lipinski definition) is 6. The maximum absolute atomic E-state index is 5.82. The average Bonchev–Trinajstić information content (AvgIpc) is 2.64.